The zero-order valence-corrected chi connectivity index (χ0v) is 13.6. The van der Waals surface area contributed by atoms with Gasteiger partial charge >= 0.3 is 0 Å². The molecule has 0 radical (unpaired) electrons. The molecule has 0 heterocycles. The number of nitrogens with one attached hydrogen (secondary N) is 1. The SMILES string of the molecule is CC(C)CNCCCCCCOCCOc1ccccc1. The molecule has 0 aliphatic carbocycles. The summed E-state index contributed by atoms with van der Waals surface area (Å²) in [5, 5.41) is 3.47. The van der Waals surface area contributed by atoms with E-state index < -0.39 is 0 Å². The van der Waals surface area contributed by atoms with Crippen LogP contribution in [0.5, 0.6) is 5.75 Å². The molecule has 0 bridgehead atoms. The van der Waals surface area contributed by atoms with Crippen LogP contribution in [0, 0.1) is 5.92 Å². The first kappa shape index (κ1) is 18.0. The molecule has 0 amide bonds. The lowest BCUT2D eigenvalue weighted by Crippen LogP contribution is -2.20. The third-order valence-corrected chi connectivity index (χ3v) is 3.18. The van der Waals surface area contributed by atoms with E-state index in [0.717, 1.165) is 37.8 Å². The van der Waals surface area contributed by atoms with Gasteiger partial charge in [0.2, 0.25) is 0 Å². The fraction of sp³-hybridized carbons (Fsp3) is 0.667. The van der Waals surface area contributed by atoms with E-state index in [1.807, 2.05) is 30.3 Å². The third-order valence-electron chi connectivity index (χ3n) is 3.18. The Hall–Kier alpha value is -1.06. The normalized spacial score (nSPS) is 11.0. The van der Waals surface area contributed by atoms with Crippen molar-refractivity contribution in [1.82, 2.24) is 5.32 Å². The maximum Gasteiger partial charge on any atom is 0.119 e. The van der Waals surface area contributed by atoms with Crippen LogP contribution in [0.4, 0.5) is 0 Å². The van der Waals surface area contributed by atoms with Crippen LogP contribution < -0.4 is 10.1 Å². The Morgan fingerprint density at radius 2 is 1.67 bits per heavy atom. The van der Waals surface area contributed by atoms with Crippen LogP contribution >= 0.6 is 0 Å². The second kappa shape index (κ2) is 12.7. The summed E-state index contributed by atoms with van der Waals surface area (Å²) in [5.74, 6) is 1.66. The molecule has 21 heavy (non-hydrogen) atoms. The topological polar surface area (TPSA) is 30.5 Å². The van der Waals surface area contributed by atoms with Crippen molar-refractivity contribution >= 4 is 0 Å². The van der Waals surface area contributed by atoms with Gasteiger partial charge in [-0.2, -0.15) is 0 Å². The number of unbranched alkanes of at least 4 members (excludes halogenated alkanes) is 3. The Labute approximate surface area is 130 Å². The summed E-state index contributed by atoms with van der Waals surface area (Å²) < 4.78 is 11.1. The number of benzene rings is 1. The average molecular weight is 293 g/mol. The quantitative estimate of drug-likeness (QED) is 0.560. The first-order valence-corrected chi connectivity index (χ1v) is 8.25. The van der Waals surface area contributed by atoms with Crippen molar-refractivity contribution in [2.24, 2.45) is 5.92 Å². The van der Waals surface area contributed by atoms with Crippen molar-refractivity contribution in [3.05, 3.63) is 30.3 Å². The molecule has 0 atom stereocenters. The molecule has 0 aromatic heterocycles. The summed E-state index contributed by atoms with van der Waals surface area (Å²) in [7, 11) is 0. The Bertz CT molecular complexity index is 327. The molecule has 0 fully saturated rings. The number of hydrogen-bond acceptors (Lipinski definition) is 3. The van der Waals surface area contributed by atoms with E-state index in [9.17, 15) is 0 Å². The second-order valence-electron chi connectivity index (χ2n) is 5.79. The molecule has 0 saturated carbocycles. The molecular weight excluding hydrogens is 262 g/mol. The van der Waals surface area contributed by atoms with E-state index in [-0.39, 0.29) is 0 Å². The zero-order chi connectivity index (χ0) is 15.2. The van der Waals surface area contributed by atoms with Gasteiger partial charge in [-0.15, -0.1) is 0 Å². The zero-order valence-electron chi connectivity index (χ0n) is 13.6. The Balaban J connectivity index is 1.77. The molecule has 0 aliphatic rings. The van der Waals surface area contributed by atoms with E-state index >= 15 is 0 Å². The van der Waals surface area contributed by atoms with Gasteiger partial charge in [-0.25, -0.2) is 0 Å². The van der Waals surface area contributed by atoms with Crippen LogP contribution in [0.15, 0.2) is 30.3 Å². The Kier molecular flexibility index (Phi) is 10.8. The van der Waals surface area contributed by atoms with Crippen LogP contribution in [-0.4, -0.2) is 32.9 Å². The standard InChI is InChI=1S/C18H31NO2/c1-17(2)16-19-12-8-3-4-9-13-20-14-15-21-18-10-6-5-7-11-18/h5-7,10-11,17,19H,3-4,8-9,12-16H2,1-2H3. The highest BCUT2D eigenvalue weighted by Crippen LogP contribution is 2.07. The first-order chi connectivity index (χ1) is 10.3. The fourth-order valence-corrected chi connectivity index (χ4v) is 2.04. The van der Waals surface area contributed by atoms with E-state index in [1.165, 1.54) is 19.3 Å². The lowest BCUT2D eigenvalue weighted by atomic mass is 10.2. The molecular formula is C18H31NO2. The van der Waals surface area contributed by atoms with Crippen molar-refractivity contribution in [2.75, 3.05) is 32.9 Å². The predicted molar refractivity (Wildman–Crippen MR) is 88.9 cm³/mol. The maximum absolute atomic E-state index is 5.57. The lowest BCUT2D eigenvalue weighted by molar-refractivity contribution is 0.0971. The van der Waals surface area contributed by atoms with Gasteiger partial charge in [0.25, 0.3) is 0 Å². The maximum atomic E-state index is 5.57. The fourth-order valence-electron chi connectivity index (χ4n) is 2.04. The van der Waals surface area contributed by atoms with E-state index in [1.54, 1.807) is 0 Å². The Morgan fingerprint density at radius 1 is 0.905 bits per heavy atom. The smallest absolute Gasteiger partial charge is 0.119 e. The monoisotopic (exact) mass is 293 g/mol. The van der Waals surface area contributed by atoms with Crippen molar-refractivity contribution in [3.8, 4) is 5.75 Å². The number of ether oxygens (including phenoxy) is 2. The summed E-state index contributed by atoms with van der Waals surface area (Å²) in [6.45, 7) is 8.90. The highest BCUT2D eigenvalue weighted by atomic mass is 16.5. The van der Waals surface area contributed by atoms with Gasteiger partial charge in [-0.3, -0.25) is 0 Å². The van der Waals surface area contributed by atoms with Crippen LogP contribution in [-0.2, 0) is 4.74 Å². The summed E-state index contributed by atoms with van der Waals surface area (Å²) in [6, 6.07) is 9.88. The minimum absolute atomic E-state index is 0.628. The first-order valence-electron chi connectivity index (χ1n) is 8.25. The van der Waals surface area contributed by atoms with Gasteiger partial charge in [0.05, 0.1) is 6.61 Å². The molecule has 1 aromatic rings. The van der Waals surface area contributed by atoms with Crippen molar-refractivity contribution in [2.45, 2.75) is 39.5 Å². The molecule has 0 unspecified atom stereocenters. The Morgan fingerprint density at radius 3 is 2.43 bits per heavy atom. The molecule has 3 nitrogen and oxygen atoms in total. The number of para-hydroxylation sites is 1. The molecule has 3 heteroatoms. The van der Waals surface area contributed by atoms with Crippen molar-refractivity contribution in [1.29, 1.82) is 0 Å². The predicted octanol–water partition coefficient (Wildman–Crippen LogP) is 3.89. The molecule has 0 saturated heterocycles. The summed E-state index contributed by atoms with van der Waals surface area (Å²) >= 11 is 0. The molecule has 120 valence electrons. The van der Waals surface area contributed by atoms with Crippen LogP contribution in [0.25, 0.3) is 0 Å². The lowest BCUT2D eigenvalue weighted by Gasteiger charge is -2.08. The van der Waals surface area contributed by atoms with Gasteiger partial charge in [0, 0.05) is 6.61 Å². The van der Waals surface area contributed by atoms with Crippen LogP contribution in [0.3, 0.4) is 0 Å². The highest BCUT2D eigenvalue weighted by molar-refractivity contribution is 5.20. The summed E-state index contributed by atoms with van der Waals surface area (Å²) in [5.41, 5.74) is 0. The highest BCUT2D eigenvalue weighted by Gasteiger charge is 1.95. The van der Waals surface area contributed by atoms with Crippen LogP contribution in [0.1, 0.15) is 39.5 Å². The van der Waals surface area contributed by atoms with E-state index in [2.05, 4.69) is 19.2 Å². The molecule has 1 rings (SSSR count). The number of hydrogen-bond donors (Lipinski definition) is 1. The van der Waals surface area contributed by atoms with Crippen molar-refractivity contribution < 1.29 is 9.47 Å². The van der Waals surface area contributed by atoms with E-state index in [0.29, 0.717) is 13.2 Å². The van der Waals surface area contributed by atoms with Gasteiger partial charge in [0.1, 0.15) is 12.4 Å². The third kappa shape index (κ3) is 11.3. The minimum atomic E-state index is 0.628. The van der Waals surface area contributed by atoms with Gasteiger partial charge < -0.3 is 14.8 Å². The summed E-state index contributed by atoms with van der Waals surface area (Å²) in [6.07, 6.45) is 4.96. The average Bonchev–Trinajstić information content (AvgIpc) is 2.49. The minimum Gasteiger partial charge on any atom is -0.491 e. The largest absolute Gasteiger partial charge is 0.491 e. The van der Waals surface area contributed by atoms with Gasteiger partial charge in [-0.05, 0) is 44.0 Å². The summed E-state index contributed by atoms with van der Waals surface area (Å²) in [4.78, 5) is 0. The molecule has 0 aliphatic heterocycles. The molecule has 0 spiro atoms. The van der Waals surface area contributed by atoms with E-state index in [4.69, 9.17) is 9.47 Å². The van der Waals surface area contributed by atoms with Gasteiger partial charge in [0.15, 0.2) is 0 Å². The van der Waals surface area contributed by atoms with Crippen LogP contribution in [0.2, 0.25) is 0 Å². The number of rotatable bonds is 13. The second-order valence-corrected chi connectivity index (χ2v) is 5.79. The van der Waals surface area contributed by atoms with Gasteiger partial charge in [-0.1, -0.05) is 44.9 Å². The molecule has 1 aromatic carbocycles. The molecule has 1 N–H and O–H groups in total. The van der Waals surface area contributed by atoms with Crippen molar-refractivity contribution in [3.63, 3.8) is 0 Å².